The van der Waals surface area contributed by atoms with Crippen LogP contribution in [0.2, 0.25) is 19.1 Å². The highest BCUT2D eigenvalue weighted by molar-refractivity contribution is 7.92. The van der Waals surface area contributed by atoms with Gasteiger partial charge in [-0.15, -0.1) is 10.2 Å². The molecule has 12 heteroatoms. The van der Waals surface area contributed by atoms with Gasteiger partial charge >= 0.3 is 0 Å². The van der Waals surface area contributed by atoms with Gasteiger partial charge in [-0.1, -0.05) is 25.6 Å². The largest absolute Gasteiger partial charge is 0.494 e. The molecule has 38 heavy (non-hydrogen) atoms. The zero-order valence-corrected chi connectivity index (χ0v) is 24.6. The second-order valence-corrected chi connectivity index (χ2v) is 15.5. The lowest BCUT2D eigenvalue weighted by Crippen LogP contribution is -2.42. The van der Waals surface area contributed by atoms with Crippen LogP contribution in [0.1, 0.15) is 24.8 Å². The van der Waals surface area contributed by atoms with Crippen molar-refractivity contribution in [2.24, 2.45) is 5.92 Å². The summed E-state index contributed by atoms with van der Waals surface area (Å²) in [4.78, 5) is 4.31. The van der Waals surface area contributed by atoms with E-state index in [2.05, 4.69) is 28.3 Å². The number of nitrogens with zero attached hydrogens (tertiary/aromatic N) is 5. The Labute approximate surface area is 226 Å². The standard InChI is InChI=1S/C26H37N5O5SSi/c1-18-14-20(16-27-15-18)25-28-29-26(31(25)24-22(35-2)10-7-11-23(24)36-3)30(12-13-38(4)5)37(33,34)17-21(32)19-8-6-9-19/h7,10-11,14-16,19,21,32,38H,6,8-9,12-13,17H2,1-5H3/t21-/m1/s1. The first kappa shape index (κ1) is 28.1. The first-order valence-electron chi connectivity index (χ1n) is 12.9. The Morgan fingerprint density at radius 2 is 1.84 bits per heavy atom. The number of benzene rings is 1. The van der Waals surface area contributed by atoms with Crippen LogP contribution in [0.25, 0.3) is 17.1 Å². The first-order valence-corrected chi connectivity index (χ1v) is 17.7. The molecular formula is C26H37N5O5SSi. The zero-order chi connectivity index (χ0) is 27.4. The number of aryl methyl sites for hydroxylation is 1. The predicted octanol–water partition coefficient (Wildman–Crippen LogP) is 3.44. The summed E-state index contributed by atoms with van der Waals surface area (Å²) in [5.41, 5.74) is 2.07. The number of rotatable bonds is 12. The molecule has 0 aliphatic heterocycles. The summed E-state index contributed by atoms with van der Waals surface area (Å²) < 4.78 is 42.2. The molecule has 1 atom stereocenters. The van der Waals surface area contributed by atoms with E-state index in [9.17, 15) is 13.5 Å². The highest BCUT2D eigenvalue weighted by atomic mass is 32.2. The van der Waals surface area contributed by atoms with Crippen molar-refractivity contribution in [2.75, 3.05) is 30.8 Å². The van der Waals surface area contributed by atoms with Crippen molar-refractivity contribution < 1.29 is 23.0 Å². The summed E-state index contributed by atoms with van der Waals surface area (Å²) in [7, 11) is -2.00. The number of sulfonamides is 1. The number of para-hydroxylation sites is 1. The van der Waals surface area contributed by atoms with E-state index in [-0.39, 0.29) is 24.2 Å². The molecule has 4 rings (SSSR count). The van der Waals surface area contributed by atoms with Crippen molar-refractivity contribution >= 4 is 24.8 Å². The Kier molecular flexibility index (Phi) is 8.73. The number of methoxy groups -OCH3 is 2. The third kappa shape index (κ3) is 5.86. The van der Waals surface area contributed by atoms with Crippen molar-refractivity contribution in [3.8, 4) is 28.6 Å². The second-order valence-electron chi connectivity index (χ2n) is 10.2. The highest BCUT2D eigenvalue weighted by Crippen LogP contribution is 2.39. The van der Waals surface area contributed by atoms with Gasteiger partial charge in [-0.05, 0) is 55.5 Å². The Balaban J connectivity index is 1.94. The number of ether oxygens (including phenoxy) is 2. The van der Waals surface area contributed by atoms with E-state index in [1.54, 1.807) is 49.4 Å². The minimum atomic E-state index is -3.95. The number of aliphatic hydroxyl groups is 1. The normalized spacial score (nSPS) is 14.8. The van der Waals surface area contributed by atoms with E-state index in [0.29, 0.717) is 28.6 Å². The minimum Gasteiger partial charge on any atom is -0.494 e. The van der Waals surface area contributed by atoms with Crippen molar-refractivity contribution in [3.63, 3.8) is 0 Å². The van der Waals surface area contributed by atoms with Crippen LogP contribution in [-0.2, 0) is 10.0 Å². The van der Waals surface area contributed by atoms with Gasteiger partial charge in [-0.25, -0.2) is 12.7 Å². The summed E-state index contributed by atoms with van der Waals surface area (Å²) in [6, 6.07) is 8.00. The van der Waals surface area contributed by atoms with Gasteiger partial charge in [0.1, 0.15) is 17.2 Å². The third-order valence-corrected chi connectivity index (χ3v) is 10.1. The van der Waals surface area contributed by atoms with Gasteiger partial charge in [0.25, 0.3) is 0 Å². The van der Waals surface area contributed by atoms with E-state index >= 15 is 0 Å². The Morgan fingerprint density at radius 3 is 2.39 bits per heavy atom. The van der Waals surface area contributed by atoms with Crippen LogP contribution in [0.15, 0.2) is 36.7 Å². The highest BCUT2D eigenvalue weighted by Gasteiger charge is 2.36. The van der Waals surface area contributed by atoms with E-state index in [1.807, 2.05) is 13.0 Å². The van der Waals surface area contributed by atoms with Gasteiger partial charge in [0.15, 0.2) is 5.82 Å². The molecule has 10 nitrogen and oxygen atoms in total. The second kappa shape index (κ2) is 11.8. The van der Waals surface area contributed by atoms with Gasteiger partial charge in [-0.3, -0.25) is 9.55 Å². The van der Waals surface area contributed by atoms with Crippen LogP contribution < -0.4 is 13.8 Å². The van der Waals surface area contributed by atoms with Gasteiger partial charge in [-0.2, -0.15) is 0 Å². The Hall–Kier alpha value is -2.96. The molecule has 1 N–H and O–H groups in total. The van der Waals surface area contributed by atoms with Crippen molar-refractivity contribution in [2.45, 2.75) is 51.4 Å². The van der Waals surface area contributed by atoms with Crippen molar-refractivity contribution in [3.05, 3.63) is 42.2 Å². The van der Waals surface area contributed by atoms with Gasteiger partial charge in [0.05, 0.1) is 26.1 Å². The molecule has 2 aromatic heterocycles. The molecular weight excluding hydrogens is 522 g/mol. The monoisotopic (exact) mass is 559 g/mol. The Morgan fingerprint density at radius 1 is 1.16 bits per heavy atom. The quantitative estimate of drug-likeness (QED) is 0.335. The lowest BCUT2D eigenvalue weighted by Gasteiger charge is -2.32. The number of pyridine rings is 1. The van der Waals surface area contributed by atoms with E-state index in [4.69, 9.17) is 9.47 Å². The summed E-state index contributed by atoms with van der Waals surface area (Å²) >= 11 is 0. The lowest BCUT2D eigenvalue weighted by atomic mass is 9.82. The maximum atomic E-state index is 13.9. The maximum absolute atomic E-state index is 13.9. The summed E-state index contributed by atoms with van der Waals surface area (Å²) in [6.07, 6.45) is 5.18. The van der Waals surface area contributed by atoms with Gasteiger partial charge in [0, 0.05) is 33.3 Å². The molecule has 0 bridgehead atoms. The smallest absolute Gasteiger partial charge is 0.246 e. The van der Waals surface area contributed by atoms with Crippen molar-refractivity contribution in [1.82, 2.24) is 19.7 Å². The third-order valence-electron chi connectivity index (χ3n) is 6.95. The van der Waals surface area contributed by atoms with Gasteiger partial charge < -0.3 is 14.6 Å². The zero-order valence-electron chi connectivity index (χ0n) is 22.7. The SMILES string of the molecule is COc1cccc(OC)c1-n1c(-c2cncc(C)c2)nnc1N(CC[SiH](C)C)S(=O)(=O)C[C@@H](O)C1CCC1. The van der Waals surface area contributed by atoms with Crippen LogP contribution in [0.3, 0.4) is 0 Å². The average Bonchev–Trinajstić information content (AvgIpc) is 3.25. The fourth-order valence-corrected chi connectivity index (χ4v) is 7.16. The summed E-state index contributed by atoms with van der Waals surface area (Å²) in [5, 5.41) is 19.7. The average molecular weight is 560 g/mol. The van der Waals surface area contributed by atoms with E-state index in [1.165, 1.54) is 4.31 Å². The molecule has 1 aliphatic carbocycles. The molecule has 1 fully saturated rings. The Bertz CT molecular complexity index is 1340. The fourth-order valence-electron chi connectivity index (χ4n) is 4.57. The fraction of sp³-hybridized carbons (Fsp3) is 0.500. The van der Waals surface area contributed by atoms with E-state index in [0.717, 1.165) is 30.9 Å². The molecule has 2 heterocycles. The van der Waals surface area contributed by atoms with Crippen LogP contribution >= 0.6 is 0 Å². The van der Waals surface area contributed by atoms with Crippen LogP contribution in [0, 0.1) is 12.8 Å². The maximum Gasteiger partial charge on any atom is 0.246 e. The molecule has 0 spiro atoms. The first-order chi connectivity index (χ1) is 18.2. The number of aromatic nitrogens is 4. The molecule has 1 aromatic carbocycles. The molecule has 0 radical (unpaired) electrons. The van der Waals surface area contributed by atoms with Crippen LogP contribution in [0.5, 0.6) is 11.5 Å². The minimum absolute atomic E-state index is 0.00668. The van der Waals surface area contributed by atoms with Gasteiger partial charge in [0.2, 0.25) is 16.0 Å². The predicted molar refractivity (Wildman–Crippen MR) is 151 cm³/mol. The van der Waals surface area contributed by atoms with Crippen LogP contribution in [0.4, 0.5) is 5.95 Å². The number of hydrogen-bond acceptors (Lipinski definition) is 8. The summed E-state index contributed by atoms with van der Waals surface area (Å²) in [6.45, 7) is 6.51. The van der Waals surface area contributed by atoms with Crippen LogP contribution in [-0.4, -0.2) is 74.7 Å². The number of hydrogen-bond donors (Lipinski definition) is 1. The number of anilines is 1. The molecule has 0 unspecified atom stereocenters. The summed E-state index contributed by atoms with van der Waals surface area (Å²) in [5.74, 6) is 1.11. The van der Waals surface area contributed by atoms with Crippen molar-refractivity contribution in [1.29, 1.82) is 0 Å². The lowest BCUT2D eigenvalue weighted by molar-refractivity contribution is 0.0802. The number of aliphatic hydroxyl groups excluding tert-OH is 1. The van der Waals surface area contributed by atoms with E-state index < -0.39 is 24.9 Å². The molecule has 3 aromatic rings. The topological polar surface area (TPSA) is 120 Å². The molecule has 1 aliphatic rings. The molecule has 0 amide bonds. The molecule has 206 valence electrons. The molecule has 1 saturated carbocycles. The molecule has 0 saturated heterocycles.